The van der Waals surface area contributed by atoms with E-state index >= 15 is 0 Å². The first-order valence-corrected chi connectivity index (χ1v) is 7.53. The van der Waals surface area contributed by atoms with Gasteiger partial charge in [0, 0.05) is 23.7 Å². The van der Waals surface area contributed by atoms with E-state index in [0.29, 0.717) is 17.3 Å². The summed E-state index contributed by atoms with van der Waals surface area (Å²) in [6, 6.07) is 8.31. The van der Waals surface area contributed by atoms with Crippen molar-refractivity contribution in [2.45, 2.75) is 32.9 Å². The SMILES string of the molecule is CCC(C)N(CC(=O)O)C(=O)Cn1ccc(=O)c2ccccc21. The minimum Gasteiger partial charge on any atom is -0.480 e. The molecule has 1 atom stereocenters. The molecule has 0 radical (unpaired) electrons. The lowest BCUT2D eigenvalue weighted by Crippen LogP contribution is -2.43. The number of pyridine rings is 1. The number of aliphatic carboxylic acids is 1. The average Bonchev–Trinajstić information content (AvgIpc) is 2.54. The molecule has 2 aromatic rings. The van der Waals surface area contributed by atoms with Crippen LogP contribution in [0.1, 0.15) is 20.3 Å². The van der Waals surface area contributed by atoms with Gasteiger partial charge in [0.2, 0.25) is 5.91 Å². The van der Waals surface area contributed by atoms with Gasteiger partial charge in [-0.3, -0.25) is 14.4 Å². The maximum atomic E-state index is 12.5. The van der Waals surface area contributed by atoms with Crippen LogP contribution in [0.5, 0.6) is 0 Å². The molecular weight excluding hydrogens is 296 g/mol. The minimum atomic E-state index is -1.04. The van der Waals surface area contributed by atoms with Crippen LogP contribution in [0.15, 0.2) is 41.3 Å². The number of rotatable bonds is 6. The van der Waals surface area contributed by atoms with E-state index in [-0.39, 0.29) is 30.5 Å². The Labute approximate surface area is 134 Å². The van der Waals surface area contributed by atoms with E-state index in [1.165, 1.54) is 11.0 Å². The Morgan fingerprint density at radius 3 is 2.61 bits per heavy atom. The molecule has 0 bridgehead atoms. The maximum absolute atomic E-state index is 12.5. The van der Waals surface area contributed by atoms with Gasteiger partial charge < -0.3 is 14.6 Å². The predicted octanol–water partition coefficient (Wildman–Crippen LogP) is 1.71. The van der Waals surface area contributed by atoms with E-state index in [4.69, 9.17) is 5.11 Å². The summed E-state index contributed by atoms with van der Waals surface area (Å²) in [5, 5.41) is 9.55. The fourth-order valence-electron chi connectivity index (χ4n) is 2.49. The van der Waals surface area contributed by atoms with E-state index in [2.05, 4.69) is 0 Å². The molecule has 1 aromatic carbocycles. The van der Waals surface area contributed by atoms with Crippen LogP contribution in [0.3, 0.4) is 0 Å². The van der Waals surface area contributed by atoms with Gasteiger partial charge in [0.1, 0.15) is 13.1 Å². The maximum Gasteiger partial charge on any atom is 0.323 e. The number of carbonyl (C=O) groups is 2. The van der Waals surface area contributed by atoms with Crippen LogP contribution in [-0.4, -0.2) is 39.0 Å². The normalized spacial score (nSPS) is 12.1. The van der Waals surface area contributed by atoms with E-state index < -0.39 is 5.97 Å². The molecule has 0 fully saturated rings. The molecule has 6 nitrogen and oxygen atoms in total. The zero-order chi connectivity index (χ0) is 17.0. The van der Waals surface area contributed by atoms with E-state index in [1.54, 1.807) is 35.0 Å². The van der Waals surface area contributed by atoms with E-state index in [1.807, 2.05) is 13.8 Å². The van der Waals surface area contributed by atoms with Crippen molar-refractivity contribution in [2.75, 3.05) is 6.54 Å². The average molecular weight is 316 g/mol. The summed E-state index contributed by atoms with van der Waals surface area (Å²) in [5.41, 5.74) is 0.557. The van der Waals surface area contributed by atoms with Crippen LogP contribution in [0.4, 0.5) is 0 Å². The van der Waals surface area contributed by atoms with Crippen LogP contribution in [0.25, 0.3) is 10.9 Å². The molecule has 1 N–H and O–H groups in total. The first kappa shape index (κ1) is 16.7. The number of benzene rings is 1. The lowest BCUT2D eigenvalue weighted by Gasteiger charge is -2.27. The Morgan fingerprint density at radius 1 is 1.26 bits per heavy atom. The van der Waals surface area contributed by atoms with Crippen molar-refractivity contribution in [3.05, 3.63) is 46.8 Å². The summed E-state index contributed by atoms with van der Waals surface area (Å²) in [6.45, 7) is 3.40. The van der Waals surface area contributed by atoms with Crippen molar-refractivity contribution in [1.29, 1.82) is 0 Å². The summed E-state index contributed by atoms with van der Waals surface area (Å²) >= 11 is 0. The standard InChI is InChI=1S/C17H20N2O4/c1-3-12(2)19(11-17(22)23)16(21)10-18-9-8-15(20)13-6-4-5-7-14(13)18/h4-9,12H,3,10-11H2,1-2H3,(H,22,23). The lowest BCUT2D eigenvalue weighted by atomic mass is 10.2. The fourth-order valence-corrected chi connectivity index (χ4v) is 2.49. The Kier molecular flexibility index (Phi) is 5.16. The van der Waals surface area contributed by atoms with Crippen molar-refractivity contribution in [3.63, 3.8) is 0 Å². The van der Waals surface area contributed by atoms with Crippen molar-refractivity contribution in [3.8, 4) is 0 Å². The molecule has 0 aliphatic carbocycles. The molecule has 1 heterocycles. The quantitative estimate of drug-likeness (QED) is 0.880. The Hall–Kier alpha value is -2.63. The number of carboxylic acids is 1. The number of amides is 1. The number of nitrogens with zero attached hydrogens (tertiary/aromatic N) is 2. The van der Waals surface area contributed by atoms with Gasteiger partial charge in [-0.05, 0) is 25.5 Å². The van der Waals surface area contributed by atoms with Gasteiger partial charge in [-0.15, -0.1) is 0 Å². The summed E-state index contributed by atoms with van der Waals surface area (Å²) in [7, 11) is 0. The number of hydrogen-bond donors (Lipinski definition) is 1. The first-order valence-electron chi connectivity index (χ1n) is 7.53. The number of para-hydroxylation sites is 1. The van der Waals surface area contributed by atoms with Crippen LogP contribution in [0, 0.1) is 0 Å². The monoisotopic (exact) mass is 316 g/mol. The number of carbonyl (C=O) groups excluding carboxylic acids is 1. The summed E-state index contributed by atoms with van der Waals surface area (Å²) in [6.07, 6.45) is 2.24. The summed E-state index contributed by atoms with van der Waals surface area (Å²) < 4.78 is 1.68. The molecule has 23 heavy (non-hydrogen) atoms. The van der Waals surface area contributed by atoms with Crippen molar-refractivity contribution in [2.24, 2.45) is 0 Å². The summed E-state index contributed by atoms with van der Waals surface area (Å²) in [5.74, 6) is -1.32. The highest BCUT2D eigenvalue weighted by Crippen LogP contribution is 2.11. The number of aromatic nitrogens is 1. The smallest absolute Gasteiger partial charge is 0.323 e. The minimum absolute atomic E-state index is 0.00157. The van der Waals surface area contributed by atoms with Crippen LogP contribution < -0.4 is 5.43 Å². The topological polar surface area (TPSA) is 79.6 Å². The predicted molar refractivity (Wildman–Crippen MR) is 87.3 cm³/mol. The molecule has 0 saturated carbocycles. The van der Waals surface area contributed by atoms with E-state index in [9.17, 15) is 14.4 Å². The highest BCUT2D eigenvalue weighted by Gasteiger charge is 2.22. The molecule has 6 heteroatoms. The van der Waals surface area contributed by atoms with Gasteiger partial charge in [-0.1, -0.05) is 19.1 Å². The van der Waals surface area contributed by atoms with Crippen LogP contribution >= 0.6 is 0 Å². The van der Waals surface area contributed by atoms with Gasteiger partial charge in [0.25, 0.3) is 0 Å². The molecule has 122 valence electrons. The zero-order valence-electron chi connectivity index (χ0n) is 13.2. The lowest BCUT2D eigenvalue weighted by molar-refractivity contribution is -0.146. The van der Waals surface area contributed by atoms with Crippen molar-refractivity contribution < 1.29 is 14.7 Å². The molecule has 0 saturated heterocycles. The molecule has 0 aliphatic rings. The van der Waals surface area contributed by atoms with E-state index in [0.717, 1.165) is 0 Å². The third-order valence-electron chi connectivity index (χ3n) is 3.94. The second-order valence-electron chi connectivity index (χ2n) is 5.50. The third-order valence-corrected chi connectivity index (χ3v) is 3.94. The number of carboxylic acid groups (broad SMARTS) is 1. The number of hydrogen-bond acceptors (Lipinski definition) is 3. The van der Waals surface area contributed by atoms with Gasteiger partial charge in [-0.2, -0.15) is 0 Å². The highest BCUT2D eigenvalue weighted by molar-refractivity contribution is 5.84. The molecule has 0 spiro atoms. The first-order chi connectivity index (χ1) is 10.9. The van der Waals surface area contributed by atoms with Crippen LogP contribution in [0.2, 0.25) is 0 Å². The molecule has 0 aliphatic heterocycles. The molecule has 2 rings (SSSR count). The Bertz CT molecular complexity index is 782. The largest absolute Gasteiger partial charge is 0.480 e. The van der Waals surface area contributed by atoms with Gasteiger partial charge in [-0.25, -0.2) is 0 Å². The zero-order valence-corrected chi connectivity index (χ0v) is 13.2. The van der Waals surface area contributed by atoms with Gasteiger partial charge >= 0.3 is 5.97 Å². The fraction of sp³-hybridized carbons (Fsp3) is 0.353. The molecule has 1 amide bonds. The highest BCUT2D eigenvalue weighted by atomic mass is 16.4. The van der Waals surface area contributed by atoms with Gasteiger partial charge in [0.05, 0.1) is 5.52 Å². The Morgan fingerprint density at radius 2 is 1.96 bits per heavy atom. The molecule has 1 unspecified atom stereocenters. The third kappa shape index (κ3) is 3.77. The summed E-state index contributed by atoms with van der Waals surface area (Å²) in [4.78, 5) is 36.8. The van der Waals surface area contributed by atoms with Crippen molar-refractivity contribution in [1.82, 2.24) is 9.47 Å². The molecular formula is C17H20N2O4. The second-order valence-corrected chi connectivity index (χ2v) is 5.50. The Balaban J connectivity index is 2.33. The van der Waals surface area contributed by atoms with Crippen molar-refractivity contribution >= 4 is 22.8 Å². The molecule has 1 aromatic heterocycles. The van der Waals surface area contributed by atoms with Gasteiger partial charge in [0.15, 0.2) is 5.43 Å². The second kappa shape index (κ2) is 7.09. The number of fused-ring (bicyclic) bond motifs is 1. The van der Waals surface area contributed by atoms with Crippen LogP contribution in [-0.2, 0) is 16.1 Å².